The number of allylic oxidation sites excluding steroid dienone is 3. The first-order chi connectivity index (χ1) is 21.0. The van der Waals surface area contributed by atoms with Gasteiger partial charge < -0.3 is 0 Å². The van der Waals surface area contributed by atoms with E-state index in [0.717, 1.165) is 40.3 Å². The molecule has 6 aromatic rings. The summed E-state index contributed by atoms with van der Waals surface area (Å²) >= 11 is 0. The molecule has 1 aromatic heterocycles. The first-order valence-electron chi connectivity index (χ1n) is 15.1. The summed E-state index contributed by atoms with van der Waals surface area (Å²) in [5.41, 5.74) is 14.5. The second-order valence-electron chi connectivity index (χ2n) is 12.2. The second kappa shape index (κ2) is 9.74. The topological polar surface area (TPSA) is 25.8 Å². The van der Waals surface area contributed by atoms with Gasteiger partial charge in [-0.05, 0) is 62.7 Å². The molecule has 0 saturated heterocycles. The van der Waals surface area contributed by atoms with E-state index in [-0.39, 0.29) is 5.41 Å². The average Bonchev–Trinajstić information content (AvgIpc) is 3.16. The van der Waals surface area contributed by atoms with E-state index in [0.29, 0.717) is 0 Å². The zero-order valence-electron chi connectivity index (χ0n) is 24.7. The van der Waals surface area contributed by atoms with Gasteiger partial charge in [0.25, 0.3) is 0 Å². The van der Waals surface area contributed by atoms with Crippen molar-refractivity contribution in [2.45, 2.75) is 32.6 Å². The third-order valence-electron chi connectivity index (χ3n) is 9.29. The molecule has 0 atom stereocenters. The van der Waals surface area contributed by atoms with Crippen LogP contribution in [-0.2, 0) is 5.41 Å². The van der Waals surface area contributed by atoms with Crippen molar-refractivity contribution in [3.63, 3.8) is 0 Å². The van der Waals surface area contributed by atoms with E-state index < -0.39 is 0 Å². The Bertz CT molecular complexity index is 2120. The van der Waals surface area contributed by atoms with Crippen LogP contribution >= 0.6 is 0 Å². The van der Waals surface area contributed by atoms with Crippen molar-refractivity contribution >= 4 is 33.6 Å². The zero-order valence-corrected chi connectivity index (χ0v) is 24.7. The summed E-state index contributed by atoms with van der Waals surface area (Å²) in [4.78, 5) is 10.5. The van der Waals surface area contributed by atoms with Crippen molar-refractivity contribution in [2.75, 3.05) is 0 Å². The Morgan fingerprint density at radius 1 is 0.628 bits per heavy atom. The van der Waals surface area contributed by atoms with Crippen LogP contribution in [0.3, 0.4) is 0 Å². The van der Waals surface area contributed by atoms with E-state index in [1.54, 1.807) is 0 Å². The lowest BCUT2D eigenvalue weighted by Gasteiger charge is -2.27. The lowest BCUT2D eigenvalue weighted by atomic mass is 9.76. The lowest BCUT2D eigenvalue weighted by molar-refractivity contribution is 0.704. The van der Waals surface area contributed by atoms with Gasteiger partial charge in [0.1, 0.15) is 0 Å². The Labute approximate surface area is 253 Å². The Kier molecular flexibility index (Phi) is 5.80. The van der Waals surface area contributed by atoms with Crippen LogP contribution in [0.5, 0.6) is 0 Å². The maximum atomic E-state index is 5.33. The van der Waals surface area contributed by atoms with Gasteiger partial charge in [0.2, 0.25) is 0 Å². The summed E-state index contributed by atoms with van der Waals surface area (Å²) in [7, 11) is 0. The van der Waals surface area contributed by atoms with Crippen LogP contribution in [0, 0.1) is 6.92 Å². The van der Waals surface area contributed by atoms with Gasteiger partial charge in [0.05, 0.1) is 11.4 Å². The number of fused-ring (bicyclic) bond motifs is 6. The largest absolute Gasteiger partial charge is 0.228 e. The molecule has 2 aliphatic carbocycles. The van der Waals surface area contributed by atoms with Gasteiger partial charge in [-0.1, -0.05) is 135 Å². The maximum absolute atomic E-state index is 5.33. The molecule has 0 fully saturated rings. The van der Waals surface area contributed by atoms with Crippen molar-refractivity contribution in [1.29, 1.82) is 0 Å². The Hall–Kier alpha value is -5.08. The van der Waals surface area contributed by atoms with Crippen LogP contribution in [0.2, 0.25) is 0 Å². The normalized spacial score (nSPS) is 15.0. The van der Waals surface area contributed by atoms with E-state index in [2.05, 4.69) is 142 Å². The van der Waals surface area contributed by atoms with Crippen LogP contribution in [0.25, 0.3) is 56.2 Å². The van der Waals surface area contributed by atoms with Crippen LogP contribution in [0.15, 0.2) is 121 Å². The van der Waals surface area contributed by atoms with Gasteiger partial charge in [-0.15, -0.1) is 0 Å². The number of hydrogen-bond donors (Lipinski definition) is 0. The van der Waals surface area contributed by atoms with Crippen LogP contribution in [0.4, 0.5) is 0 Å². The van der Waals surface area contributed by atoms with Gasteiger partial charge in [-0.25, -0.2) is 9.97 Å². The Balaban J connectivity index is 1.44. The quantitative estimate of drug-likeness (QED) is 0.218. The summed E-state index contributed by atoms with van der Waals surface area (Å²) < 4.78 is 0. The molecule has 0 bridgehead atoms. The molecule has 206 valence electrons. The molecule has 2 heteroatoms. The first-order valence-corrected chi connectivity index (χ1v) is 15.1. The molecule has 8 rings (SSSR count). The molecule has 0 unspecified atom stereocenters. The molecular formula is C41H32N2. The third-order valence-corrected chi connectivity index (χ3v) is 9.29. The number of rotatable bonds is 3. The van der Waals surface area contributed by atoms with Gasteiger partial charge in [-0.2, -0.15) is 0 Å². The lowest BCUT2D eigenvalue weighted by Crippen LogP contribution is -2.17. The summed E-state index contributed by atoms with van der Waals surface area (Å²) in [5.74, 6) is 0.755. The van der Waals surface area contributed by atoms with Crippen LogP contribution in [-0.4, -0.2) is 9.97 Å². The summed E-state index contributed by atoms with van der Waals surface area (Å²) in [5, 5.41) is 2.58. The number of nitrogens with zero attached hydrogens (tertiary/aromatic N) is 2. The first kappa shape index (κ1) is 25.6. The number of aromatic nitrogens is 2. The summed E-state index contributed by atoms with van der Waals surface area (Å²) in [6.45, 7) is 6.96. The fourth-order valence-electron chi connectivity index (χ4n) is 7.28. The Morgan fingerprint density at radius 2 is 1.28 bits per heavy atom. The predicted molar refractivity (Wildman–Crippen MR) is 180 cm³/mol. The highest BCUT2D eigenvalue weighted by atomic mass is 14.9. The Morgan fingerprint density at radius 3 is 2.07 bits per heavy atom. The molecular weight excluding hydrogens is 520 g/mol. The minimum Gasteiger partial charge on any atom is -0.228 e. The van der Waals surface area contributed by atoms with Gasteiger partial charge in [-0.3, -0.25) is 0 Å². The van der Waals surface area contributed by atoms with Crippen LogP contribution < -0.4 is 0 Å². The molecule has 43 heavy (non-hydrogen) atoms. The van der Waals surface area contributed by atoms with Gasteiger partial charge in [0, 0.05) is 28.5 Å². The minimum absolute atomic E-state index is 0.126. The van der Waals surface area contributed by atoms with Crippen LogP contribution in [0.1, 0.15) is 53.8 Å². The number of benzene rings is 5. The second-order valence-corrected chi connectivity index (χ2v) is 12.2. The third kappa shape index (κ3) is 4.01. The minimum atomic E-state index is -0.126. The van der Waals surface area contributed by atoms with Gasteiger partial charge >= 0.3 is 0 Å². The number of hydrogen-bond acceptors (Lipinski definition) is 2. The van der Waals surface area contributed by atoms with Crippen molar-refractivity contribution in [1.82, 2.24) is 9.97 Å². The van der Waals surface area contributed by atoms with Gasteiger partial charge in [0.15, 0.2) is 5.82 Å². The average molecular weight is 553 g/mol. The predicted octanol–water partition coefficient (Wildman–Crippen LogP) is 10.4. The van der Waals surface area contributed by atoms with E-state index in [1.165, 1.54) is 49.7 Å². The standard InChI is InChI=1S/C41H32N2/c1-26-38(28-15-6-4-7-16-28)42-40(29-17-8-5-9-18-29)43-39(26)31-24-30-23-22-27-14-10-11-19-32(27)36(30)37-34(25-31)33-20-12-13-21-35(33)41(37,2)3/h4-24H,25H2,1-3H3. The molecule has 0 amide bonds. The smallest absolute Gasteiger partial charge is 0.160 e. The molecule has 2 nitrogen and oxygen atoms in total. The van der Waals surface area contributed by atoms with E-state index in [9.17, 15) is 0 Å². The molecule has 1 heterocycles. The van der Waals surface area contributed by atoms with E-state index in [4.69, 9.17) is 9.97 Å². The molecule has 0 spiro atoms. The van der Waals surface area contributed by atoms with E-state index >= 15 is 0 Å². The molecule has 0 aliphatic heterocycles. The summed E-state index contributed by atoms with van der Waals surface area (Å²) in [6.07, 6.45) is 3.21. The molecule has 0 saturated carbocycles. The molecule has 0 radical (unpaired) electrons. The fourth-order valence-corrected chi connectivity index (χ4v) is 7.28. The van der Waals surface area contributed by atoms with Crippen molar-refractivity contribution in [3.05, 3.63) is 155 Å². The van der Waals surface area contributed by atoms with Crippen molar-refractivity contribution in [2.24, 2.45) is 0 Å². The van der Waals surface area contributed by atoms with Crippen molar-refractivity contribution < 1.29 is 0 Å². The SMILES string of the molecule is Cc1c(C2=Cc3ccc4ccccc4c3C3=C(C2)c2ccccc2C3(C)C)nc(-c2ccccc2)nc1-c1ccccc1. The molecule has 5 aromatic carbocycles. The monoisotopic (exact) mass is 552 g/mol. The van der Waals surface area contributed by atoms with Crippen molar-refractivity contribution in [3.8, 4) is 22.6 Å². The highest BCUT2D eigenvalue weighted by molar-refractivity contribution is 6.14. The molecule has 0 N–H and O–H groups in total. The highest BCUT2D eigenvalue weighted by Crippen LogP contribution is 2.56. The molecule has 2 aliphatic rings. The van der Waals surface area contributed by atoms with E-state index in [1.807, 2.05) is 6.07 Å². The maximum Gasteiger partial charge on any atom is 0.160 e. The highest BCUT2D eigenvalue weighted by Gasteiger charge is 2.41. The summed E-state index contributed by atoms with van der Waals surface area (Å²) in [6, 6.07) is 43.2. The fraction of sp³-hybridized carbons (Fsp3) is 0.122. The zero-order chi connectivity index (χ0) is 29.1.